The fourth-order valence-corrected chi connectivity index (χ4v) is 2.96. The quantitative estimate of drug-likeness (QED) is 0.791. The lowest BCUT2D eigenvalue weighted by Gasteiger charge is -2.45. The Kier molecular flexibility index (Phi) is 5.41. The van der Waals surface area contributed by atoms with Crippen LogP contribution in [-0.2, 0) is 6.42 Å². The molecule has 0 bridgehead atoms. The molecule has 1 N–H and O–H groups in total. The minimum Gasteiger partial charge on any atom is -0.314 e. The van der Waals surface area contributed by atoms with Gasteiger partial charge < -0.3 is 5.32 Å². The molecular formula is C17H28N2. The van der Waals surface area contributed by atoms with Gasteiger partial charge in [0.2, 0.25) is 0 Å². The number of benzene rings is 1. The van der Waals surface area contributed by atoms with Gasteiger partial charge in [0.25, 0.3) is 0 Å². The smallest absolute Gasteiger partial charge is 0.0303 e. The molecule has 1 heterocycles. The molecule has 2 nitrogen and oxygen atoms in total. The van der Waals surface area contributed by atoms with Crippen molar-refractivity contribution in [2.75, 3.05) is 26.2 Å². The Bertz CT molecular complexity index is 363. The molecule has 19 heavy (non-hydrogen) atoms. The van der Waals surface area contributed by atoms with E-state index in [1.165, 1.54) is 44.3 Å². The largest absolute Gasteiger partial charge is 0.314 e. The first-order chi connectivity index (χ1) is 9.24. The molecule has 2 rings (SSSR count). The maximum Gasteiger partial charge on any atom is 0.0303 e. The molecule has 1 atom stereocenters. The van der Waals surface area contributed by atoms with Gasteiger partial charge in [-0.15, -0.1) is 0 Å². The summed E-state index contributed by atoms with van der Waals surface area (Å²) in [4.78, 5) is 2.69. The summed E-state index contributed by atoms with van der Waals surface area (Å²) < 4.78 is 0. The normalized spacial score (nSPS) is 24.5. The van der Waals surface area contributed by atoms with Crippen LogP contribution in [0.4, 0.5) is 0 Å². The summed E-state index contributed by atoms with van der Waals surface area (Å²) in [5, 5.41) is 3.53. The van der Waals surface area contributed by atoms with E-state index >= 15 is 0 Å². The first kappa shape index (κ1) is 14.5. The van der Waals surface area contributed by atoms with Gasteiger partial charge in [-0.2, -0.15) is 0 Å². The number of piperazine rings is 1. The van der Waals surface area contributed by atoms with Crippen LogP contribution in [0.15, 0.2) is 30.3 Å². The highest BCUT2D eigenvalue weighted by molar-refractivity contribution is 5.14. The zero-order chi connectivity index (χ0) is 13.6. The van der Waals surface area contributed by atoms with Gasteiger partial charge in [0.15, 0.2) is 0 Å². The predicted octanol–water partition coefficient (Wildman–Crippen LogP) is 3.08. The van der Waals surface area contributed by atoms with Gasteiger partial charge in [0.05, 0.1) is 0 Å². The van der Waals surface area contributed by atoms with Crippen LogP contribution in [0.2, 0.25) is 0 Å². The number of nitrogens with zero attached hydrogens (tertiary/aromatic N) is 1. The zero-order valence-corrected chi connectivity index (χ0v) is 12.5. The molecule has 0 amide bonds. The SMILES string of the molecule is CCC1(C)CNCCN1CCCCc1ccccc1. The van der Waals surface area contributed by atoms with E-state index in [1.807, 2.05) is 0 Å². The molecule has 2 heteroatoms. The van der Waals surface area contributed by atoms with E-state index in [2.05, 4.69) is 54.4 Å². The lowest BCUT2D eigenvalue weighted by molar-refractivity contribution is 0.0698. The van der Waals surface area contributed by atoms with Crippen molar-refractivity contribution in [3.8, 4) is 0 Å². The van der Waals surface area contributed by atoms with Crippen molar-refractivity contribution < 1.29 is 0 Å². The molecular weight excluding hydrogens is 232 g/mol. The molecule has 0 saturated carbocycles. The van der Waals surface area contributed by atoms with E-state index in [1.54, 1.807) is 0 Å². The third-order valence-corrected chi connectivity index (χ3v) is 4.58. The van der Waals surface area contributed by atoms with Gasteiger partial charge in [-0.1, -0.05) is 37.3 Å². The van der Waals surface area contributed by atoms with Gasteiger partial charge >= 0.3 is 0 Å². The summed E-state index contributed by atoms with van der Waals surface area (Å²) in [5.41, 5.74) is 1.84. The lowest BCUT2D eigenvalue weighted by atomic mass is 9.93. The first-order valence-electron chi connectivity index (χ1n) is 7.74. The van der Waals surface area contributed by atoms with Gasteiger partial charge in [0, 0.05) is 25.2 Å². The molecule has 0 radical (unpaired) electrons. The van der Waals surface area contributed by atoms with E-state index in [9.17, 15) is 0 Å². The second kappa shape index (κ2) is 7.06. The summed E-state index contributed by atoms with van der Waals surface area (Å²) >= 11 is 0. The summed E-state index contributed by atoms with van der Waals surface area (Å²) in [5.74, 6) is 0. The highest BCUT2D eigenvalue weighted by Crippen LogP contribution is 2.21. The van der Waals surface area contributed by atoms with E-state index in [-0.39, 0.29) is 0 Å². The van der Waals surface area contributed by atoms with E-state index in [0.717, 1.165) is 13.1 Å². The molecule has 0 spiro atoms. The third kappa shape index (κ3) is 4.05. The van der Waals surface area contributed by atoms with Crippen molar-refractivity contribution in [3.05, 3.63) is 35.9 Å². The summed E-state index contributed by atoms with van der Waals surface area (Å²) in [7, 11) is 0. The molecule has 0 aromatic heterocycles. The van der Waals surface area contributed by atoms with Gasteiger partial charge in [-0.3, -0.25) is 4.90 Å². The number of rotatable bonds is 6. The van der Waals surface area contributed by atoms with E-state index in [4.69, 9.17) is 0 Å². The van der Waals surface area contributed by atoms with Crippen LogP contribution in [-0.4, -0.2) is 36.6 Å². The summed E-state index contributed by atoms with van der Waals surface area (Å²) in [6.45, 7) is 9.45. The van der Waals surface area contributed by atoms with E-state index < -0.39 is 0 Å². The third-order valence-electron chi connectivity index (χ3n) is 4.58. The lowest BCUT2D eigenvalue weighted by Crippen LogP contribution is -2.59. The topological polar surface area (TPSA) is 15.3 Å². The van der Waals surface area contributed by atoms with Crippen molar-refractivity contribution >= 4 is 0 Å². The fraction of sp³-hybridized carbons (Fsp3) is 0.647. The van der Waals surface area contributed by atoms with Crippen LogP contribution in [0.5, 0.6) is 0 Å². The predicted molar refractivity (Wildman–Crippen MR) is 82.5 cm³/mol. The van der Waals surface area contributed by atoms with Crippen molar-refractivity contribution in [2.45, 2.75) is 45.1 Å². The highest BCUT2D eigenvalue weighted by Gasteiger charge is 2.31. The first-order valence-corrected chi connectivity index (χ1v) is 7.74. The Morgan fingerprint density at radius 2 is 2.00 bits per heavy atom. The van der Waals surface area contributed by atoms with Crippen molar-refractivity contribution in [2.24, 2.45) is 0 Å². The van der Waals surface area contributed by atoms with Crippen molar-refractivity contribution in [1.82, 2.24) is 10.2 Å². The second-order valence-corrected chi connectivity index (χ2v) is 5.96. The van der Waals surface area contributed by atoms with E-state index in [0.29, 0.717) is 5.54 Å². The molecule has 1 saturated heterocycles. The number of nitrogens with one attached hydrogen (secondary N) is 1. The Morgan fingerprint density at radius 3 is 2.74 bits per heavy atom. The second-order valence-electron chi connectivity index (χ2n) is 5.96. The molecule has 0 aliphatic carbocycles. The molecule has 1 unspecified atom stereocenters. The summed E-state index contributed by atoms with van der Waals surface area (Å²) in [6.07, 6.45) is 5.06. The van der Waals surface area contributed by atoms with Crippen LogP contribution in [0.3, 0.4) is 0 Å². The maximum atomic E-state index is 3.53. The van der Waals surface area contributed by atoms with Crippen molar-refractivity contribution in [3.63, 3.8) is 0 Å². The molecule has 1 aliphatic heterocycles. The minimum atomic E-state index is 0.366. The van der Waals surface area contributed by atoms with Crippen LogP contribution in [0.1, 0.15) is 38.7 Å². The summed E-state index contributed by atoms with van der Waals surface area (Å²) in [6, 6.07) is 10.8. The van der Waals surface area contributed by atoms with Gasteiger partial charge in [-0.25, -0.2) is 0 Å². The fourth-order valence-electron chi connectivity index (χ4n) is 2.96. The average molecular weight is 260 g/mol. The minimum absolute atomic E-state index is 0.366. The molecule has 1 aromatic rings. The van der Waals surface area contributed by atoms with Gasteiger partial charge in [-0.05, 0) is 44.7 Å². The Morgan fingerprint density at radius 1 is 1.21 bits per heavy atom. The Labute approximate surface area is 118 Å². The number of aryl methyl sites for hydroxylation is 1. The average Bonchev–Trinajstić information content (AvgIpc) is 2.46. The Hall–Kier alpha value is -0.860. The number of hydrogen-bond acceptors (Lipinski definition) is 2. The molecule has 1 aliphatic rings. The Balaban J connectivity index is 1.72. The standard InChI is InChI=1S/C17H28N2/c1-3-17(2)15-18-12-14-19(17)13-8-7-11-16-9-5-4-6-10-16/h4-6,9-10,18H,3,7-8,11-15H2,1-2H3. The zero-order valence-electron chi connectivity index (χ0n) is 12.5. The van der Waals surface area contributed by atoms with Crippen LogP contribution >= 0.6 is 0 Å². The molecule has 1 aromatic carbocycles. The highest BCUT2D eigenvalue weighted by atomic mass is 15.2. The molecule has 1 fully saturated rings. The molecule has 106 valence electrons. The van der Waals surface area contributed by atoms with Crippen LogP contribution in [0, 0.1) is 0 Å². The van der Waals surface area contributed by atoms with Crippen LogP contribution in [0.25, 0.3) is 0 Å². The maximum absolute atomic E-state index is 3.53. The van der Waals surface area contributed by atoms with Crippen LogP contribution < -0.4 is 5.32 Å². The number of unbranched alkanes of at least 4 members (excludes halogenated alkanes) is 1. The number of hydrogen-bond donors (Lipinski definition) is 1. The van der Waals surface area contributed by atoms with Crippen molar-refractivity contribution in [1.29, 1.82) is 0 Å². The van der Waals surface area contributed by atoms with Gasteiger partial charge in [0.1, 0.15) is 0 Å². The monoisotopic (exact) mass is 260 g/mol.